The van der Waals surface area contributed by atoms with Gasteiger partial charge in [-0.2, -0.15) is 0 Å². The van der Waals surface area contributed by atoms with E-state index in [1.165, 1.54) is 38.6 Å². The summed E-state index contributed by atoms with van der Waals surface area (Å²) in [7, 11) is 0. The van der Waals surface area contributed by atoms with E-state index in [4.69, 9.17) is 0 Å². The fraction of sp³-hybridized carbons (Fsp3) is 0. The van der Waals surface area contributed by atoms with Gasteiger partial charge in [0.05, 0.1) is 11.0 Å². The lowest BCUT2D eigenvalue weighted by molar-refractivity contribution is 1.18. The van der Waals surface area contributed by atoms with E-state index in [-0.39, 0.29) is 0 Å². The van der Waals surface area contributed by atoms with Gasteiger partial charge in [-0.25, -0.2) is 0 Å². The van der Waals surface area contributed by atoms with Crippen molar-refractivity contribution in [3.63, 3.8) is 0 Å². The number of aromatic nitrogens is 1. The highest BCUT2D eigenvalue weighted by Gasteiger charge is 2.14. The molecule has 0 aliphatic carbocycles. The van der Waals surface area contributed by atoms with Crippen molar-refractivity contribution < 1.29 is 0 Å². The Bertz CT molecular complexity index is 1240. The number of fused-ring (bicyclic) bond motifs is 3. The summed E-state index contributed by atoms with van der Waals surface area (Å²) >= 11 is 3.74. The van der Waals surface area contributed by atoms with Crippen LogP contribution in [-0.4, -0.2) is 4.57 Å². The molecule has 0 fully saturated rings. The molecule has 0 bridgehead atoms. The van der Waals surface area contributed by atoms with Gasteiger partial charge in [0.1, 0.15) is 0 Å². The summed E-state index contributed by atoms with van der Waals surface area (Å²) in [4.78, 5) is 0. The molecule has 0 N–H and O–H groups in total. The molecule has 0 unspecified atom stereocenters. The molecular formula is C24H16BrN. The summed E-state index contributed by atoms with van der Waals surface area (Å²) in [6.45, 7) is 0. The Labute approximate surface area is 160 Å². The lowest BCUT2D eigenvalue weighted by atomic mass is 10.1. The van der Waals surface area contributed by atoms with Crippen LogP contribution >= 0.6 is 15.9 Å². The SMILES string of the molecule is Brc1cccc2c1c1ccccc1n2-c1cccc(-c2ccccc2)c1. The lowest BCUT2D eigenvalue weighted by Crippen LogP contribution is -1.94. The monoisotopic (exact) mass is 397 g/mol. The molecule has 4 aromatic carbocycles. The van der Waals surface area contributed by atoms with Gasteiger partial charge in [-0.15, -0.1) is 0 Å². The largest absolute Gasteiger partial charge is 0.309 e. The zero-order valence-corrected chi connectivity index (χ0v) is 15.6. The van der Waals surface area contributed by atoms with Crippen molar-refractivity contribution in [2.75, 3.05) is 0 Å². The second-order valence-electron chi connectivity index (χ2n) is 6.40. The molecule has 0 aliphatic rings. The lowest BCUT2D eigenvalue weighted by Gasteiger charge is -2.10. The number of nitrogens with zero attached hydrogens (tertiary/aromatic N) is 1. The predicted molar refractivity (Wildman–Crippen MR) is 114 cm³/mol. The minimum absolute atomic E-state index is 1.13. The van der Waals surface area contributed by atoms with Crippen LogP contribution in [0.25, 0.3) is 38.6 Å². The predicted octanol–water partition coefficient (Wildman–Crippen LogP) is 7.21. The van der Waals surface area contributed by atoms with Crippen LogP contribution in [0.3, 0.4) is 0 Å². The molecule has 0 atom stereocenters. The number of rotatable bonds is 2. The third kappa shape index (κ3) is 2.38. The zero-order valence-electron chi connectivity index (χ0n) is 14.1. The van der Waals surface area contributed by atoms with E-state index in [1.807, 2.05) is 0 Å². The molecule has 124 valence electrons. The smallest absolute Gasteiger partial charge is 0.0552 e. The quantitative estimate of drug-likeness (QED) is 0.296. The highest BCUT2D eigenvalue weighted by atomic mass is 79.9. The summed E-state index contributed by atoms with van der Waals surface area (Å²) in [5, 5.41) is 2.52. The fourth-order valence-corrected chi connectivity index (χ4v) is 4.28. The highest BCUT2D eigenvalue weighted by Crippen LogP contribution is 2.36. The topological polar surface area (TPSA) is 4.93 Å². The Balaban J connectivity index is 1.84. The molecule has 1 heterocycles. The first kappa shape index (κ1) is 15.4. The van der Waals surface area contributed by atoms with Gasteiger partial charge in [0.2, 0.25) is 0 Å². The van der Waals surface area contributed by atoms with Crippen molar-refractivity contribution in [2.24, 2.45) is 0 Å². The van der Waals surface area contributed by atoms with Crippen molar-refractivity contribution >= 4 is 37.7 Å². The Hall–Kier alpha value is -2.84. The van der Waals surface area contributed by atoms with Gasteiger partial charge in [0, 0.05) is 20.9 Å². The molecular weight excluding hydrogens is 382 g/mol. The van der Waals surface area contributed by atoms with Crippen LogP contribution in [0, 0.1) is 0 Å². The number of benzene rings is 4. The van der Waals surface area contributed by atoms with E-state index < -0.39 is 0 Å². The van der Waals surface area contributed by atoms with Crippen LogP contribution < -0.4 is 0 Å². The first-order valence-electron chi connectivity index (χ1n) is 8.66. The van der Waals surface area contributed by atoms with Crippen LogP contribution in [0.1, 0.15) is 0 Å². The van der Waals surface area contributed by atoms with Gasteiger partial charge in [-0.1, -0.05) is 82.7 Å². The second kappa shape index (κ2) is 6.15. The van der Waals surface area contributed by atoms with E-state index in [9.17, 15) is 0 Å². The van der Waals surface area contributed by atoms with Gasteiger partial charge in [-0.05, 0) is 41.5 Å². The normalized spacial score (nSPS) is 11.3. The summed E-state index contributed by atoms with van der Waals surface area (Å²) in [6, 6.07) is 34.3. The number of para-hydroxylation sites is 1. The minimum atomic E-state index is 1.13. The zero-order chi connectivity index (χ0) is 17.5. The molecule has 0 spiro atoms. The molecule has 26 heavy (non-hydrogen) atoms. The van der Waals surface area contributed by atoms with Crippen LogP contribution in [0.4, 0.5) is 0 Å². The molecule has 0 saturated heterocycles. The van der Waals surface area contributed by atoms with Crippen LogP contribution in [0.5, 0.6) is 0 Å². The van der Waals surface area contributed by atoms with Crippen LogP contribution in [0.2, 0.25) is 0 Å². The maximum atomic E-state index is 3.74. The number of hydrogen-bond donors (Lipinski definition) is 0. The standard InChI is InChI=1S/C24H16BrN/c25-21-13-7-15-23-24(21)20-12-4-5-14-22(20)26(23)19-11-6-10-18(16-19)17-8-2-1-3-9-17/h1-16H. The summed E-state index contributed by atoms with van der Waals surface area (Å²) in [6.07, 6.45) is 0. The number of halogens is 1. The fourth-order valence-electron chi connectivity index (χ4n) is 3.71. The number of hydrogen-bond acceptors (Lipinski definition) is 0. The Morgan fingerprint density at radius 3 is 2.15 bits per heavy atom. The van der Waals surface area contributed by atoms with Gasteiger partial charge in [0.25, 0.3) is 0 Å². The molecule has 1 aromatic heterocycles. The van der Waals surface area contributed by atoms with Crippen molar-refractivity contribution in [3.05, 3.63) is 102 Å². The average molecular weight is 398 g/mol. The van der Waals surface area contributed by atoms with Crippen molar-refractivity contribution in [1.82, 2.24) is 4.57 Å². The average Bonchev–Trinajstić information content (AvgIpc) is 3.04. The van der Waals surface area contributed by atoms with E-state index >= 15 is 0 Å². The summed E-state index contributed by atoms with van der Waals surface area (Å²) in [5.74, 6) is 0. The maximum absolute atomic E-state index is 3.74. The van der Waals surface area contributed by atoms with Gasteiger partial charge in [0.15, 0.2) is 0 Å². The molecule has 5 aromatic rings. The molecule has 0 aliphatic heterocycles. The van der Waals surface area contributed by atoms with E-state index in [0.717, 1.165) is 4.47 Å². The first-order chi connectivity index (χ1) is 12.8. The molecule has 0 amide bonds. The van der Waals surface area contributed by atoms with E-state index in [1.54, 1.807) is 0 Å². The summed E-state index contributed by atoms with van der Waals surface area (Å²) < 4.78 is 3.48. The molecule has 1 nitrogen and oxygen atoms in total. The minimum Gasteiger partial charge on any atom is -0.309 e. The second-order valence-corrected chi connectivity index (χ2v) is 7.26. The first-order valence-corrected chi connectivity index (χ1v) is 9.46. The van der Waals surface area contributed by atoms with E-state index in [2.05, 4.69) is 118 Å². The van der Waals surface area contributed by atoms with Gasteiger partial charge in [-0.3, -0.25) is 0 Å². The molecule has 5 rings (SSSR count). The molecule has 0 saturated carbocycles. The Morgan fingerprint density at radius 2 is 1.27 bits per heavy atom. The van der Waals surface area contributed by atoms with E-state index in [0.29, 0.717) is 0 Å². The summed E-state index contributed by atoms with van der Waals surface area (Å²) in [5.41, 5.74) is 6.07. The van der Waals surface area contributed by atoms with Crippen LogP contribution in [0.15, 0.2) is 102 Å². The Kier molecular flexibility index (Phi) is 3.65. The molecule has 0 radical (unpaired) electrons. The van der Waals surface area contributed by atoms with Crippen molar-refractivity contribution in [1.29, 1.82) is 0 Å². The maximum Gasteiger partial charge on any atom is 0.0552 e. The molecule has 2 heteroatoms. The van der Waals surface area contributed by atoms with Gasteiger partial charge < -0.3 is 4.57 Å². The van der Waals surface area contributed by atoms with Gasteiger partial charge >= 0.3 is 0 Å². The highest BCUT2D eigenvalue weighted by molar-refractivity contribution is 9.10. The van der Waals surface area contributed by atoms with Crippen LogP contribution in [-0.2, 0) is 0 Å². The van der Waals surface area contributed by atoms with Crippen molar-refractivity contribution in [3.8, 4) is 16.8 Å². The Morgan fingerprint density at radius 1 is 0.577 bits per heavy atom. The third-order valence-corrected chi connectivity index (χ3v) is 5.52. The third-order valence-electron chi connectivity index (χ3n) is 4.86. The van der Waals surface area contributed by atoms with Crippen molar-refractivity contribution in [2.45, 2.75) is 0 Å².